The zero-order valence-corrected chi connectivity index (χ0v) is 15.5. The van der Waals surface area contributed by atoms with Crippen LogP contribution < -0.4 is 5.32 Å². The molecule has 1 N–H and O–H groups in total. The van der Waals surface area contributed by atoms with E-state index in [0.29, 0.717) is 46.3 Å². The van der Waals surface area contributed by atoms with Crippen molar-refractivity contribution in [2.24, 2.45) is 0 Å². The minimum absolute atomic E-state index is 0.0968. The van der Waals surface area contributed by atoms with Crippen molar-refractivity contribution in [3.05, 3.63) is 64.7 Å². The normalized spacial score (nSPS) is 13.0. The predicted molar refractivity (Wildman–Crippen MR) is 104 cm³/mol. The Balaban J connectivity index is 1.39. The predicted octanol–water partition coefficient (Wildman–Crippen LogP) is 3.70. The lowest BCUT2D eigenvalue weighted by molar-refractivity contribution is -0.115. The second-order valence-electron chi connectivity index (χ2n) is 5.73. The van der Waals surface area contributed by atoms with E-state index in [2.05, 4.69) is 5.32 Å². The number of thioether (sulfide) groups is 1. The molecule has 0 saturated heterocycles. The van der Waals surface area contributed by atoms with Crippen molar-refractivity contribution in [3.8, 4) is 0 Å². The van der Waals surface area contributed by atoms with Crippen LogP contribution in [0.25, 0.3) is 0 Å². The molecule has 0 aromatic heterocycles. The van der Waals surface area contributed by atoms with Crippen LogP contribution in [0.4, 0.5) is 5.69 Å². The Hall–Kier alpha value is -2.31. The van der Waals surface area contributed by atoms with Crippen LogP contribution >= 0.6 is 23.4 Å². The molecule has 2 aromatic rings. The number of nitrogens with zero attached hydrogens (tertiary/aromatic N) is 1. The number of rotatable bonds is 7. The Labute approximate surface area is 160 Å². The summed E-state index contributed by atoms with van der Waals surface area (Å²) in [5.74, 6) is 0.612. The number of benzene rings is 2. The highest BCUT2D eigenvalue weighted by Crippen LogP contribution is 2.22. The van der Waals surface area contributed by atoms with E-state index < -0.39 is 0 Å². The molecule has 0 unspecified atom stereocenters. The summed E-state index contributed by atoms with van der Waals surface area (Å²) in [6.45, 7) is 0.340. The van der Waals surface area contributed by atoms with Gasteiger partial charge in [0.1, 0.15) is 0 Å². The van der Waals surface area contributed by atoms with Crippen molar-refractivity contribution in [3.63, 3.8) is 0 Å². The van der Waals surface area contributed by atoms with Crippen LogP contribution in [0.1, 0.15) is 27.1 Å². The summed E-state index contributed by atoms with van der Waals surface area (Å²) in [4.78, 5) is 37.6. The van der Waals surface area contributed by atoms with E-state index in [-0.39, 0.29) is 17.7 Å². The first-order chi connectivity index (χ1) is 12.6. The molecule has 7 heteroatoms. The molecule has 0 radical (unpaired) electrons. The van der Waals surface area contributed by atoms with Gasteiger partial charge in [-0.25, -0.2) is 0 Å². The van der Waals surface area contributed by atoms with Gasteiger partial charge in [0, 0.05) is 35.2 Å². The van der Waals surface area contributed by atoms with Gasteiger partial charge < -0.3 is 5.32 Å². The molecular weight excluding hydrogens is 372 g/mol. The number of fused-ring (bicyclic) bond motifs is 1. The van der Waals surface area contributed by atoms with Gasteiger partial charge in [0.05, 0.1) is 11.1 Å². The summed E-state index contributed by atoms with van der Waals surface area (Å²) in [5.41, 5.74) is 1.59. The lowest BCUT2D eigenvalue weighted by atomic mass is 10.1. The van der Waals surface area contributed by atoms with E-state index in [1.165, 1.54) is 16.7 Å². The summed E-state index contributed by atoms with van der Waals surface area (Å²) in [6, 6.07) is 13.8. The third-order valence-corrected chi connectivity index (χ3v) is 5.12. The fourth-order valence-corrected chi connectivity index (χ4v) is 3.69. The zero-order chi connectivity index (χ0) is 18.5. The van der Waals surface area contributed by atoms with E-state index >= 15 is 0 Å². The molecule has 1 heterocycles. The number of carbonyl (C=O) groups excluding carboxylic acids is 3. The third-order valence-electron chi connectivity index (χ3n) is 3.92. The lowest BCUT2D eigenvalue weighted by Crippen LogP contribution is -2.31. The van der Waals surface area contributed by atoms with Crippen molar-refractivity contribution in [2.45, 2.75) is 6.42 Å². The van der Waals surface area contributed by atoms with Crippen molar-refractivity contribution in [2.75, 3.05) is 23.4 Å². The summed E-state index contributed by atoms with van der Waals surface area (Å²) in [5, 5.41) is 3.35. The largest absolute Gasteiger partial charge is 0.326 e. The Morgan fingerprint density at radius 2 is 1.69 bits per heavy atom. The average Bonchev–Trinajstić information content (AvgIpc) is 2.86. The molecular formula is C19H17ClN2O3S. The Morgan fingerprint density at radius 3 is 2.35 bits per heavy atom. The van der Waals surface area contributed by atoms with Gasteiger partial charge in [0.25, 0.3) is 11.8 Å². The molecule has 0 saturated carbocycles. The van der Waals surface area contributed by atoms with Crippen molar-refractivity contribution < 1.29 is 14.4 Å². The minimum Gasteiger partial charge on any atom is -0.326 e. The van der Waals surface area contributed by atoms with Gasteiger partial charge in [0.2, 0.25) is 5.91 Å². The number of amides is 3. The van der Waals surface area contributed by atoms with E-state index in [1.807, 2.05) is 0 Å². The van der Waals surface area contributed by atoms with Gasteiger partial charge in [-0.15, -0.1) is 0 Å². The fourth-order valence-electron chi connectivity index (χ4n) is 2.65. The molecule has 1 aliphatic rings. The number of nitrogens with one attached hydrogen (secondary N) is 1. The number of anilines is 1. The molecule has 0 atom stereocenters. The average molecular weight is 389 g/mol. The van der Waals surface area contributed by atoms with Crippen LogP contribution in [-0.2, 0) is 4.79 Å². The second kappa shape index (κ2) is 8.38. The maximum Gasteiger partial charge on any atom is 0.261 e. The summed E-state index contributed by atoms with van der Waals surface area (Å²) in [7, 11) is 0. The second-order valence-corrected chi connectivity index (χ2v) is 7.39. The van der Waals surface area contributed by atoms with Crippen molar-refractivity contribution in [1.29, 1.82) is 0 Å². The Kier molecular flexibility index (Phi) is 5.96. The number of carbonyl (C=O) groups is 3. The van der Waals surface area contributed by atoms with E-state index in [0.717, 1.165) is 0 Å². The summed E-state index contributed by atoms with van der Waals surface area (Å²) in [6.07, 6.45) is 0.347. The molecule has 26 heavy (non-hydrogen) atoms. The quantitative estimate of drug-likeness (QED) is 0.580. The number of halogens is 1. The third kappa shape index (κ3) is 4.26. The van der Waals surface area contributed by atoms with Gasteiger partial charge >= 0.3 is 0 Å². The summed E-state index contributed by atoms with van der Waals surface area (Å²) >= 11 is 7.41. The van der Waals surface area contributed by atoms with Crippen LogP contribution in [-0.4, -0.2) is 40.7 Å². The van der Waals surface area contributed by atoms with Gasteiger partial charge in [-0.3, -0.25) is 19.3 Å². The molecule has 0 bridgehead atoms. The van der Waals surface area contributed by atoms with Gasteiger partial charge in [-0.1, -0.05) is 29.8 Å². The monoisotopic (exact) mass is 388 g/mol. The molecule has 134 valence electrons. The van der Waals surface area contributed by atoms with Crippen LogP contribution in [0.2, 0.25) is 5.02 Å². The topological polar surface area (TPSA) is 66.5 Å². The maximum absolute atomic E-state index is 12.2. The first-order valence-corrected chi connectivity index (χ1v) is 9.68. The molecule has 2 aromatic carbocycles. The van der Waals surface area contributed by atoms with Crippen LogP contribution in [0.15, 0.2) is 48.5 Å². The highest BCUT2D eigenvalue weighted by molar-refractivity contribution is 7.99. The van der Waals surface area contributed by atoms with E-state index in [1.54, 1.807) is 48.5 Å². The molecule has 3 rings (SSSR count). The first-order valence-electron chi connectivity index (χ1n) is 8.14. The summed E-state index contributed by atoms with van der Waals surface area (Å²) < 4.78 is 0. The lowest BCUT2D eigenvalue weighted by Gasteiger charge is -2.13. The fraction of sp³-hybridized carbons (Fsp3) is 0.211. The zero-order valence-electron chi connectivity index (χ0n) is 13.9. The minimum atomic E-state index is -0.245. The SMILES string of the molecule is O=C(CCSCCN1C(=O)c2ccccc2C1=O)Nc1cccc(Cl)c1. The van der Waals surface area contributed by atoms with Gasteiger partial charge in [0.15, 0.2) is 0 Å². The van der Waals surface area contributed by atoms with Crippen LogP contribution in [0.3, 0.4) is 0 Å². The Bertz CT molecular complexity index is 821. The molecule has 1 aliphatic heterocycles. The molecule has 0 fully saturated rings. The van der Waals surface area contributed by atoms with E-state index in [4.69, 9.17) is 11.6 Å². The molecule has 5 nitrogen and oxygen atoms in total. The highest BCUT2D eigenvalue weighted by atomic mass is 35.5. The number of hydrogen-bond donors (Lipinski definition) is 1. The van der Waals surface area contributed by atoms with Gasteiger partial charge in [-0.05, 0) is 30.3 Å². The maximum atomic E-state index is 12.2. The van der Waals surface area contributed by atoms with Crippen molar-refractivity contribution >= 4 is 46.8 Å². The molecule has 0 spiro atoms. The highest BCUT2D eigenvalue weighted by Gasteiger charge is 2.34. The molecule has 3 amide bonds. The molecule has 0 aliphatic carbocycles. The van der Waals surface area contributed by atoms with Gasteiger partial charge in [-0.2, -0.15) is 11.8 Å². The number of hydrogen-bond acceptors (Lipinski definition) is 4. The first kappa shape index (κ1) is 18.5. The van der Waals surface area contributed by atoms with Crippen LogP contribution in [0.5, 0.6) is 0 Å². The van der Waals surface area contributed by atoms with Crippen molar-refractivity contribution in [1.82, 2.24) is 4.90 Å². The Morgan fingerprint density at radius 1 is 1.00 bits per heavy atom. The van der Waals surface area contributed by atoms with Crippen LogP contribution in [0, 0.1) is 0 Å². The standard InChI is InChI=1S/C19H17ClN2O3S/c20-13-4-3-5-14(12-13)21-17(23)8-10-26-11-9-22-18(24)15-6-1-2-7-16(15)19(22)25/h1-7,12H,8-11H2,(H,21,23). The smallest absolute Gasteiger partial charge is 0.261 e. The number of imide groups is 1. The van der Waals surface area contributed by atoms with E-state index in [9.17, 15) is 14.4 Å².